The molecule has 1 aromatic rings. The van der Waals surface area contributed by atoms with E-state index in [0.717, 1.165) is 12.8 Å². The molecule has 0 amide bonds. The Labute approximate surface area is 90.8 Å². The van der Waals surface area contributed by atoms with Gasteiger partial charge in [-0.15, -0.1) is 0 Å². The van der Waals surface area contributed by atoms with E-state index in [1.807, 2.05) is 6.08 Å². The van der Waals surface area contributed by atoms with Crippen LogP contribution in [-0.2, 0) is 4.79 Å². The van der Waals surface area contributed by atoms with Crippen molar-refractivity contribution in [1.29, 1.82) is 0 Å². The highest BCUT2D eigenvalue weighted by Crippen LogP contribution is 2.27. The molecule has 1 aliphatic carbocycles. The second kappa shape index (κ2) is 4.01. The van der Waals surface area contributed by atoms with E-state index in [0.29, 0.717) is 6.42 Å². The standard InChI is InChI=1S/C14H16O/c1-10-6-7-14(11(2)8-10)12-4-3-5-13(15)9-12/h6-9H,3-5H2,1-2H3. The molecule has 0 aliphatic heterocycles. The highest BCUT2D eigenvalue weighted by atomic mass is 16.1. The third kappa shape index (κ3) is 2.17. The van der Waals surface area contributed by atoms with E-state index in [9.17, 15) is 4.79 Å². The monoisotopic (exact) mass is 200 g/mol. The molecule has 1 heteroatoms. The number of allylic oxidation sites excluding steroid dienone is 2. The summed E-state index contributed by atoms with van der Waals surface area (Å²) in [7, 11) is 0. The molecule has 15 heavy (non-hydrogen) atoms. The molecule has 0 fully saturated rings. The van der Waals surface area contributed by atoms with Crippen molar-refractivity contribution in [3.05, 3.63) is 41.0 Å². The molecule has 0 atom stereocenters. The van der Waals surface area contributed by atoms with Crippen molar-refractivity contribution in [2.45, 2.75) is 33.1 Å². The maximum absolute atomic E-state index is 11.3. The molecule has 0 saturated carbocycles. The average Bonchev–Trinajstić information content (AvgIpc) is 2.17. The van der Waals surface area contributed by atoms with Crippen LogP contribution in [0.15, 0.2) is 24.3 Å². The van der Waals surface area contributed by atoms with Gasteiger partial charge in [0.15, 0.2) is 5.78 Å². The van der Waals surface area contributed by atoms with Crippen LogP contribution in [0.1, 0.15) is 36.0 Å². The number of aryl methyl sites for hydroxylation is 2. The molecule has 1 aliphatic rings. The number of carbonyl (C=O) groups is 1. The van der Waals surface area contributed by atoms with Crippen LogP contribution in [0.5, 0.6) is 0 Å². The third-order valence-corrected chi connectivity index (χ3v) is 2.93. The molecule has 1 nitrogen and oxygen atoms in total. The summed E-state index contributed by atoms with van der Waals surface area (Å²) in [6.07, 6.45) is 4.57. The largest absolute Gasteiger partial charge is 0.295 e. The molecule has 0 spiro atoms. The Balaban J connectivity index is 2.41. The lowest BCUT2D eigenvalue weighted by Crippen LogP contribution is -2.03. The van der Waals surface area contributed by atoms with E-state index in [4.69, 9.17) is 0 Å². The zero-order valence-electron chi connectivity index (χ0n) is 9.34. The zero-order chi connectivity index (χ0) is 10.8. The van der Waals surface area contributed by atoms with Crippen LogP contribution in [0, 0.1) is 13.8 Å². The Morgan fingerprint density at radius 3 is 2.60 bits per heavy atom. The first-order valence-corrected chi connectivity index (χ1v) is 5.48. The molecule has 78 valence electrons. The van der Waals surface area contributed by atoms with Gasteiger partial charge in [-0.1, -0.05) is 23.8 Å². The van der Waals surface area contributed by atoms with Crippen LogP contribution >= 0.6 is 0 Å². The Morgan fingerprint density at radius 1 is 1.13 bits per heavy atom. The number of benzene rings is 1. The lowest BCUT2D eigenvalue weighted by Gasteiger charge is -2.14. The van der Waals surface area contributed by atoms with Gasteiger partial charge >= 0.3 is 0 Å². The topological polar surface area (TPSA) is 17.1 Å². The quantitative estimate of drug-likeness (QED) is 0.678. The summed E-state index contributed by atoms with van der Waals surface area (Å²) < 4.78 is 0. The average molecular weight is 200 g/mol. The van der Waals surface area contributed by atoms with Crippen molar-refractivity contribution in [3.8, 4) is 0 Å². The fourth-order valence-corrected chi connectivity index (χ4v) is 2.18. The third-order valence-electron chi connectivity index (χ3n) is 2.93. The first-order valence-electron chi connectivity index (χ1n) is 5.48. The molecule has 0 bridgehead atoms. The number of carbonyl (C=O) groups excluding carboxylic acids is 1. The molecule has 0 aromatic heterocycles. The normalized spacial score (nSPS) is 16.4. The first-order chi connectivity index (χ1) is 7.16. The first kappa shape index (κ1) is 10.2. The molecule has 2 rings (SSSR count). The van der Waals surface area contributed by atoms with Crippen LogP contribution in [0.25, 0.3) is 5.57 Å². The maximum atomic E-state index is 11.3. The van der Waals surface area contributed by atoms with Crippen molar-refractivity contribution in [1.82, 2.24) is 0 Å². The fraction of sp³-hybridized carbons (Fsp3) is 0.357. The minimum atomic E-state index is 0.274. The molecule has 0 unspecified atom stereocenters. The van der Waals surface area contributed by atoms with E-state index in [1.54, 1.807) is 0 Å². The van der Waals surface area contributed by atoms with Gasteiger partial charge in [-0.05, 0) is 49.5 Å². The second-order valence-electron chi connectivity index (χ2n) is 4.31. The van der Waals surface area contributed by atoms with Gasteiger partial charge in [-0.25, -0.2) is 0 Å². The maximum Gasteiger partial charge on any atom is 0.155 e. The molecule has 0 radical (unpaired) electrons. The van der Waals surface area contributed by atoms with Crippen LogP contribution in [0.4, 0.5) is 0 Å². The minimum Gasteiger partial charge on any atom is -0.295 e. The van der Waals surface area contributed by atoms with Gasteiger partial charge < -0.3 is 0 Å². The molecular weight excluding hydrogens is 184 g/mol. The summed E-state index contributed by atoms with van der Waals surface area (Å²) in [6.45, 7) is 4.21. The highest BCUT2D eigenvalue weighted by Gasteiger charge is 2.12. The van der Waals surface area contributed by atoms with Crippen molar-refractivity contribution in [2.75, 3.05) is 0 Å². The number of hydrogen-bond donors (Lipinski definition) is 0. The van der Waals surface area contributed by atoms with Crippen LogP contribution in [-0.4, -0.2) is 5.78 Å². The van der Waals surface area contributed by atoms with Crippen LogP contribution < -0.4 is 0 Å². The van der Waals surface area contributed by atoms with Gasteiger partial charge in [0.05, 0.1) is 0 Å². The van der Waals surface area contributed by atoms with Gasteiger partial charge in [0.2, 0.25) is 0 Å². The van der Waals surface area contributed by atoms with E-state index in [2.05, 4.69) is 32.0 Å². The van der Waals surface area contributed by atoms with Gasteiger partial charge in [0.25, 0.3) is 0 Å². The predicted molar refractivity (Wildman–Crippen MR) is 62.8 cm³/mol. The Hall–Kier alpha value is -1.37. The minimum absolute atomic E-state index is 0.274. The zero-order valence-corrected chi connectivity index (χ0v) is 9.34. The van der Waals surface area contributed by atoms with Gasteiger partial charge in [0.1, 0.15) is 0 Å². The summed E-state index contributed by atoms with van der Waals surface area (Å²) in [6, 6.07) is 6.42. The molecule has 0 saturated heterocycles. The van der Waals surface area contributed by atoms with Crippen molar-refractivity contribution >= 4 is 11.4 Å². The SMILES string of the molecule is Cc1ccc(C2=CC(=O)CCC2)c(C)c1. The Bertz CT molecular complexity index is 427. The molecule has 1 aromatic carbocycles. The van der Waals surface area contributed by atoms with Crippen molar-refractivity contribution in [3.63, 3.8) is 0 Å². The predicted octanol–water partition coefficient (Wildman–Crippen LogP) is 3.44. The number of hydrogen-bond acceptors (Lipinski definition) is 1. The lowest BCUT2D eigenvalue weighted by atomic mass is 9.90. The lowest BCUT2D eigenvalue weighted by molar-refractivity contribution is -0.114. The summed E-state index contributed by atoms with van der Waals surface area (Å²) >= 11 is 0. The van der Waals surface area contributed by atoms with Crippen LogP contribution in [0.3, 0.4) is 0 Å². The van der Waals surface area contributed by atoms with E-state index < -0.39 is 0 Å². The highest BCUT2D eigenvalue weighted by molar-refractivity contribution is 5.98. The number of rotatable bonds is 1. The molecule has 0 heterocycles. The molecular formula is C14H16O. The van der Waals surface area contributed by atoms with Crippen molar-refractivity contribution < 1.29 is 4.79 Å². The van der Waals surface area contributed by atoms with E-state index >= 15 is 0 Å². The molecule has 0 N–H and O–H groups in total. The van der Waals surface area contributed by atoms with Crippen molar-refractivity contribution in [2.24, 2.45) is 0 Å². The summed E-state index contributed by atoms with van der Waals surface area (Å²) in [5.41, 5.74) is 5.01. The summed E-state index contributed by atoms with van der Waals surface area (Å²) in [5.74, 6) is 0.274. The fourth-order valence-electron chi connectivity index (χ4n) is 2.18. The number of ketones is 1. The summed E-state index contributed by atoms with van der Waals surface area (Å²) in [5, 5.41) is 0. The van der Waals surface area contributed by atoms with Gasteiger partial charge in [0, 0.05) is 6.42 Å². The Kier molecular flexibility index (Phi) is 2.72. The van der Waals surface area contributed by atoms with Gasteiger partial charge in [-0.2, -0.15) is 0 Å². The second-order valence-corrected chi connectivity index (χ2v) is 4.31. The smallest absolute Gasteiger partial charge is 0.155 e. The summed E-state index contributed by atoms with van der Waals surface area (Å²) in [4.78, 5) is 11.3. The van der Waals surface area contributed by atoms with Gasteiger partial charge in [-0.3, -0.25) is 4.79 Å². The van der Waals surface area contributed by atoms with Crippen LogP contribution in [0.2, 0.25) is 0 Å². The Morgan fingerprint density at radius 2 is 1.93 bits per heavy atom. The van der Waals surface area contributed by atoms with E-state index in [1.165, 1.54) is 22.3 Å². The van der Waals surface area contributed by atoms with E-state index in [-0.39, 0.29) is 5.78 Å².